The van der Waals surface area contributed by atoms with Gasteiger partial charge in [0.05, 0.1) is 6.20 Å². The summed E-state index contributed by atoms with van der Waals surface area (Å²) in [6, 6.07) is 0. The topological polar surface area (TPSA) is 26.0 Å². The maximum Gasteiger partial charge on any atom is 0.265 e. The van der Waals surface area contributed by atoms with Crippen molar-refractivity contribution in [1.29, 1.82) is 0 Å². The number of rotatable bonds is 0. The zero-order valence-electron chi connectivity index (χ0n) is 2.43. The molecule has 2 heterocycles. The molecule has 0 unspecified atom stereocenters. The molecular weight excluding hydrogens is 66.0 g/mol. The Balaban J connectivity index is 3.13. The standard InChI is InChI=1S/C3HNO/c1-2-3(4-1)5-2/h1H. The molecule has 0 aromatic heterocycles. The van der Waals surface area contributed by atoms with Crippen molar-refractivity contribution >= 4 is 0 Å². The van der Waals surface area contributed by atoms with Gasteiger partial charge in [-0.2, -0.15) is 0 Å². The van der Waals surface area contributed by atoms with Crippen LogP contribution in [0.1, 0.15) is 0 Å². The summed E-state index contributed by atoms with van der Waals surface area (Å²) in [6.07, 6.45) is 1.70. The van der Waals surface area contributed by atoms with Crippen LogP contribution < -0.4 is 0 Å². The molecule has 0 saturated heterocycles. The van der Waals surface area contributed by atoms with Crippen LogP contribution in [0, 0.1) is 0 Å². The fourth-order valence-electron chi connectivity index (χ4n) is 0.301. The highest BCUT2D eigenvalue weighted by Gasteiger charge is 2.21. The average molecular weight is 67.0 g/mol. The first-order chi connectivity index (χ1) is 2.47. The molecule has 2 nitrogen and oxygen atoms in total. The first-order valence-electron chi connectivity index (χ1n) is 1.43. The summed E-state index contributed by atoms with van der Waals surface area (Å²) < 4.78 is 4.64. The third-order valence-electron chi connectivity index (χ3n) is 0.675. The van der Waals surface area contributed by atoms with Crippen molar-refractivity contribution in [2.45, 2.75) is 0 Å². The van der Waals surface area contributed by atoms with E-state index in [-0.39, 0.29) is 0 Å². The molecule has 2 aliphatic heterocycles. The van der Waals surface area contributed by atoms with E-state index in [1.807, 2.05) is 0 Å². The Hall–Kier alpha value is -0.790. The number of hydrogen-bond donors (Lipinski definition) is 0. The molecule has 0 aliphatic carbocycles. The van der Waals surface area contributed by atoms with Gasteiger partial charge < -0.3 is 4.42 Å². The van der Waals surface area contributed by atoms with Crippen LogP contribution in [0.25, 0.3) is 11.7 Å². The van der Waals surface area contributed by atoms with Gasteiger partial charge >= 0.3 is 0 Å². The third kappa shape index (κ3) is 0.0451. The molecule has 0 spiro atoms. The Morgan fingerprint density at radius 2 is 2.60 bits per heavy atom. The molecule has 2 rings (SSSR count). The van der Waals surface area contributed by atoms with Gasteiger partial charge in [0.25, 0.3) is 5.89 Å². The molecular formula is C3HNO. The molecule has 0 amide bonds. The van der Waals surface area contributed by atoms with Crippen molar-refractivity contribution in [3.8, 4) is 11.7 Å². The quantitative estimate of drug-likeness (QED) is 0.452. The van der Waals surface area contributed by atoms with E-state index in [1.54, 1.807) is 6.20 Å². The van der Waals surface area contributed by atoms with Gasteiger partial charge in [-0.1, -0.05) is 0 Å². The average Bonchev–Trinajstić information content (AvgIpc) is 1.74. The summed E-state index contributed by atoms with van der Waals surface area (Å²) in [5.41, 5.74) is 0. The van der Waals surface area contributed by atoms with E-state index >= 15 is 0 Å². The van der Waals surface area contributed by atoms with E-state index in [2.05, 4.69) is 9.40 Å². The molecule has 0 N–H and O–H groups in total. The minimum atomic E-state index is 0.838. The van der Waals surface area contributed by atoms with Crippen LogP contribution in [0.5, 0.6) is 0 Å². The van der Waals surface area contributed by atoms with Crippen LogP contribution in [0.3, 0.4) is 0 Å². The second-order valence-corrected chi connectivity index (χ2v) is 1.03. The van der Waals surface area contributed by atoms with Crippen LogP contribution >= 0.6 is 0 Å². The van der Waals surface area contributed by atoms with Gasteiger partial charge in [-0.15, -0.1) is 0 Å². The minimum Gasteiger partial charge on any atom is -0.428 e. The molecule has 0 atom stereocenters. The molecule has 0 saturated carbocycles. The van der Waals surface area contributed by atoms with Gasteiger partial charge in [0.1, 0.15) is 0 Å². The van der Waals surface area contributed by atoms with E-state index in [9.17, 15) is 0 Å². The number of nitrogens with zero attached hydrogens (tertiary/aromatic N) is 1. The summed E-state index contributed by atoms with van der Waals surface area (Å²) in [5.74, 6) is 1.81. The van der Waals surface area contributed by atoms with Crippen molar-refractivity contribution in [1.82, 2.24) is 4.98 Å². The first kappa shape index (κ1) is 1.60. The van der Waals surface area contributed by atoms with Gasteiger partial charge in [0.15, 0.2) is 0 Å². The van der Waals surface area contributed by atoms with Crippen molar-refractivity contribution in [3.63, 3.8) is 0 Å². The van der Waals surface area contributed by atoms with E-state index in [0.29, 0.717) is 0 Å². The summed E-state index contributed by atoms with van der Waals surface area (Å²) in [7, 11) is 0. The number of aromatic nitrogens is 1. The lowest BCUT2D eigenvalue weighted by Crippen LogP contribution is -1.65. The fourth-order valence-corrected chi connectivity index (χ4v) is 0.301. The van der Waals surface area contributed by atoms with Gasteiger partial charge in [-0.3, -0.25) is 0 Å². The maximum atomic E-state index is 4.64. The van der Waals surface area contributed by atoms with E-state index in [4.69, 9.17) is 0 Å². The van der Waals surface area contributed by atoms with Crippen LogP contribution in [0.2, 0.25) is 0 Å². The van der Waals surface area contributed by atoms with E-state index in [1.165, 1.54) is 0 Å². The number of oxazole rings is 1. The lowest BCUT2D eigenvalue weighted by Gasteiger charge is -1.65. The lowest BCUT2D eigenvalue weighted by molar-refractivity contribution is 0.738. The Labute approximate surface area is 28.4 Å². The van der Waals surface area contributed by atoms with Crippen molar-refractivity contribution in [2.75, 3.05) is 0 Å². The number of hydrogen-bond acceptors (Lipinski definition) is 2. The van der Waals surface area contributed by atoms with Gasteiger partial charge in [-0.25, -0.2) is 4.98 Å². The maximum absolute atomic E-state index is 4.64. The Bertz CT molecular complexity index is 132. The molecule has 2 heteroatoms. The lowest BCUT2D eigenvalue weighted by atomic mass is 10.5. The van der Waals surface area contributed by atoms with Crippen molar-refractivity contribution in [2.24, 2.45) is 0 Å². The molecule has 0 aromatic carbocycles. The number of fused-ring (bicyclic) bond motifs is 1. The first-order valence-corrected chi connectivity index (χ1v) is 1.43. The Kier molecular flexibility index (Phi) is 0.0743. The van der Waals surface area contributed by atoms with Crippen LogP contribution in [0.4, 0.5) is 0 Å². The Morgan fingerprint density at radius 3 is 2.60 bits per heavy atom. The SMILES string of the molecule is c1nc2oc1-2. The van der Waals surface area contributed by atoms with Gasteiger partial charge in [-0.05, 0) is 0 Å². The van der Waals surface area contributed by atoms with Crippen LogP contribution in [-0.2, 0) is 0 Å². The smallest absolute Gasteiger partial charge is 0.265 e. The van der Waals surface area contributed by atoms with Gasteiger partial charge in [0.2, 0.25) is 5.76 Å². The third-order valence-corrected chi connectivity index (χ3v) is 0.675. The summed E-state index contributed by atoms with van der Waals surface area (Å²) in [6.45, 7) is 0. The summed E-state index contributed by atoms with van der Waals surface area (Å²) >= 11 is 0. The van der Waals surface area contributed by atoms with Gasteiger partial charge in [0, 0.05) is 0 Å². The second-order valence-electron chi connectivity index (χ2n) is 1.03. The van der Waals surface area contributed by atoms with Crippen LogP contribution in [-0.4, -0.2) is 4.98 Å². The monoisotopic (exact) mass is 67.0 g/mol. The van der Waals surface area contributed by atoms with Crippen molar-refractivity contribution in [3.05, 3.63) is 6.20 Å². The van der Waals surface area contributed by atoms with Crippen LogP contribution in [0.15, 0.2) is 10.6 Å². The molecule has 0 fully saturated rings. The van der Waals surface area contributed by atoms with E-state index < -0.39 is 0 Å². The molecule has 0 bridgehead atoms. The molecule has 0 aromatic rings. The molecule has 0 radical (unpaired) electrons. The highest BCUT2D eigenvalue weighted by Crippen LogP contribution is 2.32. The summed E-state index contributed by atoms with van der Waals surface area (Å²) in [5, 5.41) is 0. The fraction of sp³-hybridized carbons (Fsp3) is 0. The predicted octanol–water partition coefficient (Wildman–Crippen LogP) is 0.655. The zero-order valence-corrected chi connectivity index (χ0v) is 2.43. The molecule has 24 valence electrons. The second kappa shape index (κ2) is 0.233. The van der Waals surface area contributed by atoms with Crippen molar-refractivity contribution < 1.29 is 4.42 Å². The largest absolute Gasteiger partial charge is 0.428 e. The molecule has 2 aliphatic rings. The van der Waals surface area contributed by atoms with E-state index in [0.717, 1.165) is 11.7 Å². The predicted molar refractivity (Wildman–Crippen MR) is 15.5 cm³/mol. The highest BCUT2D eigenvalue weighted by molar-refractivity contribution is 5.56. The highest BCUT2D eigenvalue weighted by atomic mass is 16.4. The Morgan fingerprint density at radius 1 is 1.80 bits per heavy atom. The zero-order chi connectivity index (χ0) is 3.28. The minimum absolute atomic E-state index is 0.838. The molecule has 5 heavy (non-hydrogen) atoms. The summed E-state index contributed by atoms with van der Waals surface area (Å²) in [4.78, 5) is 3.68. The normalized spacial score (nSPS) is 12.0.